The molecule has 7 nitrogen and oxygen atoms in total. The molecule has 2 aliphatic rings. The first-order valence-corrected chi connectivity index (χ1v) is 11.9. The minimum Gasteiger partial charge on any atom is -0.357 e. The Morgan fingerprint density at radius 1 is 1.12 bits per heavy atom. The van der Waals surface area contributed by atoms with Gasteiger partial charge in [0.05, 0.1) is 5.69 Å². The van der Waals surface area contributed by atoms with Crippen molar-refractivity contribution in [3.63, 3.8) is 0 Å². The van der Waals surface area contributed by atoms with E-state index in [-0.39, 0.29) is 5.56 Å². The van der Waals surface area contributed by atoms with Gasteiger partial charge in [-0.2, -0.15) is 4.98 Å². The summed E-state index contributed by atoms with van der Waals surface area (Å²) in [5.41, 5.74) is 4.55. The van der Waals surface area contributed by atoms with Crippen molar-refractivity contribution in [3.8, 4) is 22.4 Å². The largest absolute Gasteiger partial charge is 0.357 e. The molecule has 2 N–H and O–H groups in total. The average Bonchev–Trinajstić information content (AvgIpc) is 3.25. The third-order valence-electron chi connectivity index (χ3n) is 7.16. The number of halogens is 1. The normalized spacial score (nSPS) is 21.0. The molecule has 2 fully saturated rings. The first-order valence-electron chi connectivity index (χ1n) is 11.6. The topological polar surface area (TPSA) is 84.7 Å². The summed E-state index contributed by atoms with van der Waals surface area (Å²) in [6.45, 7) is 4.67. The van der Waals surface area contributed by atoms with Crippen molar-refractivity contribution in [2.75, 3.05) is 25.5 Å². The summed E-state index contributed by atoms with van der Waals surface area (Å²) in [6.07, 6.45) is 1.77. The Kier molecular flexibility index (Phi) is 5.12. The maximum Gasteiger partial charge on any atom is 0.260 e. The number of anilines is 1. The Labute approximate surface area is 202 Å². The number of aryl methyl sites for hydroxylation is 1. The summed E-state index contributed by atoms with van der Waals surface area (Å²) < 4.78 is 1.82. The van der Waals surface area contributed by atoms with Crippen molar-refractivity contribution in [2.24, 2.45) is 17.8 Å². The highest BCUT2D eigenvalue weighted by molar-refractivity contribution is 6.33. The standard InChI is InChI=1S/C26H25ClN6O/c1-14-4-3-5-23(31-14)15-6-7-17(22(27)9-15)18-8-16-10-30-26(28-2)32-24(16)33(25(18)34)13-21-19-11-29-12-20(19)21/h3-10,19-21,29H,11-13H2,1-2H3,(H,28,30,32)/t19-,20+,21?. The third-order valence-corrected chi connectivity index (χ3v) is 7.47. The maximum absolute atomic E-state index is 13.8. The third kappa shape index (κ3) is 3.56. The molecule has 1 aliphatic carbocycles. The summed E-state index contributed by atoms with van der Waals surface area (Å²) in [7, 11) is 1.78. The molecule has 3 aromatic heterocycles. The molecule has 8 heteroatoms. The molecule has 1 aromatic carbocycles. The number of hydrogen-bond acceptors (Lipinski definition) is 6. The van der Waals surface area contributed by atoms with Gasteiger partial charge in [-0.15, -0.1) is 0 Å². The van der Waals surface area contributed by atoms with Crippen LogP contribution in [0, 0.1) is 24.7 Å². The lowest BCUT2D eigenvalue weighted by Crippen LogP contribution is -2.26. The SMILES string of the molecule is CNc1ncc2cc(-c3ccc(-c4cccc(C)n4)cc3Cl)c(=O)n(CC3[C@H]4CNC[C@@H]34)c2n1. The maximum atomic E-state index is 13.8. The first kappa shape index (κ1) is 21.3. The number of nitrogens with one attached hydrogen (secondary N) is 2. The van der Waals surface area contributed by atoms with Crippen LogP contribution in [0.2, 0.25) is 5.02 Å². The van der Waals surface area contributed by atoms with Crippen LogP contribution in [0.25, 0.3) is 33.4 Å². The molecule has 1 aliphatic heterocycles. The van der Waals surface area contributed by atoms with Gasteiger partial charge in [0.15, 0.2) is 0 Å². The van der Waals surface area contributed by atoms with E-state index in [0.29, 0.717) is 52.0 Å². The van der Waals surface area contributed by atoms with Crippen molar-refractivity contribution in [1.82, 2.24) is 24.8 Å². The van der Waals surface area contributed by atoms with Crippen LogP contribution >= 0.6 is 11.6 Å². The van der Waals surface area contributed by atoms with E-state index in [1.54, 1.807) is 13.2 Å². The van der Waals surface area contributed by atoms with Gasteiger partial charge in [0.1, 0.15) is 5.65 Å². The number of benzene rings is 1. The smallest absolute Gasteiger partial charge is 0.260 e. The molecule has 0 bridgehead atoms. The summed E-state index contributed by atoms with van der Waals surface area (Å²) in [6, 6.07) is 13.5. The lowest BCUT2D eigenvalue weighted by atomic mass is 10.0. The zero-order chi connectivity index (χ0) is 23.4. The molecular weight excluding hydrogens is 448 g/mol. The number of fused-ring (bicyclic) bond motifs is 2. The van der Waals surface area contributed by atoms with E-state index in [1.807, 2.05) is 54.0 Å². The quantitative estimate of drug-likeness (QED) is 0.457. The summed E-state index contributed by atoms with van der Waals surface area (Å²) in [4.78, 5) is 27.4. The molecule has 34 heavy (non-hydrogen) atoms. The van der Waals surface area contributed by atoms with Crippen LogP contribution in [0.1, 0.15) is 5.69 Å². The Bertz CT molecular complexity index is 1470. The van der Waals surface area contributed by atoms with Crippen LogP contribution < -0.4 is 16.2 Å². The van der Waals surface area contributed by atoms with Crippen molar-refractivity contribution >= 4 is 28.6 Å². The van der Waals surface area contributed by atoms with Crippen molar-refractivity contribution < 1.29 is 0 Å². The van der Waals surface area contributed by atoms with Crippen LogP contribution in [0.3, 0.4) is 0 Å². The number of nitrogens with zero attached hydrogens (tertiary/aromatic N) is 4. The van der Waals surface area contributed by atoms with E-state index < -0.39 is 0 Å². The van der Waals surface area contributed by atoms with Gasteiger partial charge in [0.25, 0.3) is 5.56 Å². The van der Waals surface area contributed by atoms with Crippen molar-refractivity contribution in [3.05, 3.63) is 69.7 Å². The van der Waals surface area contributed by atoms with Gasteiger partial charge < -0.3 is 10.6 Å². The first-order chi connectivity index (χ1) is 16.5. The number of rotatable bonds is 5. The molecule has 4 aromatic rings. The average molecular weight is 473 g/mol. The van der Waals surface area contributed by atoms with Crippen LogP contribution in [0.4, 0.5) is 5.95 Å². The predicted octanol–water partition coefficient (Wildman–Crippen LogP) is 3.99. The Morgan fingerprint density at radius 2 is 1.94 bits per heavy atom. The fraction of sp³-hybridized carbons (Fsp3) is 0.308. The van der Waals surface area contributed by atoms with Gasteiger partial charge in [0, 0.05) is 52.6 Å². The predicted molar refractivity (Wildman–Crippen MR) is 135 cm³/mol. The summed E-state index contributed by atoms with van der Waals surface area (Å²) in [5.74, 6) is 2.27. The molecule has 172 valence electrons. The Balaban J connectivity index is 1.47. The highest BCUT2D eigenvalue weighted by Gasteiger charge is 2.52. The lowest BCUT2D eigenvalue weighted by molar-refractivity contribution is 0.515. The minimum absolute atomic E-state index is 0.0745. The molecule has 1 saturated carbocycles. The molecule has 0 spiro atoms. The van der Waals surface area contributed by atoms with Crippen LogP contribution in [-0.2, 0) is 6.54 Å². The fourth-order valence-corrected chi connectivity index (χ4v) is 5.55. The molecule has 4 heterocycles. The number of hydrogen-bond donors (Lipinski definition) is 2. The highest BCUT2D eigenvalue weighted by atomic mass is 35.5. The van der Waals surface area contributed by atoms with Gasteiger partial charge in [-0.25, -0.2) is 4.98 Å². The number of aromatic nitrogens is 4. The summed E-state index contributed by atoms with van der Waals surface area (Å²) >= 11 is 6.75. The van der Waals surface area contributed by atoms with Gasteiger partial charge in [-0.3, -0.25) is 14.3 Å². The lowest BCUT2D eigenvalue weighted by Gasteiger charge is -2.15. The van der Waals surface area contributed by atoms with Gasteiger partial charge in [0.2, 0.25) is 5.95 Å². The second-order valence-electron chi connectivity index (χ2n) is 9.20. The van der Waals surface area contributed by atoms with Gasteiger partial charge in [-0.1, -0.05) is 29.8 Å². The molecule has 6 rings (SSSR count). The zero-order valence-corrected chi connectivity index (χ0v) is 19.8. The summed E-state index contributed by atoms with van der Waals surface area (Å²) in [5, 5.41) is 7.75. The number of piperidine rings is 1. The number of pyridine rings is 2. The molecular formula is C26H25ClN6O. The van der Waals surface area contributed by atoms with Crippen LogP contribution in [0.5, 0.6) is 0 Å². The van der Waals surface area contributed by atoms with Gasteiger partial charge in [-0.05, 0) is 62.0 Å². The van der Waals surface area contributed by atoms with E-state index in [4.69, 9.17) is 11.6 Å². The van der Waals surface area contributed by atoms with Crippen LogP contribution in [-0.4, -0.2) is 39.7 Å². The molecule has 0 amide bonds. The Morgan fingerprint density at radius 3 is 2.68 bits per heavy atom. The van der Waals surface area contributed by atoms with E-state index in [0.717, 1.165) is 35.4 Å². The van der Waals surface area contributed by atoms with Crippen molar-refractivity contribution in [2.45, 2.75) is 13.5 Å². The molecule has 1 saturated heterocycles. The second kappa shape index (κ2) is 8.18. The zero-order valence-electron chi connectivity index (χ0n) is 19.0. The molecule has 1 unspecified atom stereocenters. The van der Waals surface area contributed by atoms with Gasteiger partial charge >= 0.3 is 0 Å². The van der Waals surface area contributed by atoms with Crippen molar-refractivity contribution in [1.29, 1.82) is 0 Å². The highest BCUT2D eigenvalue weighted by Crippen LogP contribution is 2.49. The van der Waals surface area contributed by atoms with E-state index in [2.05, 4.69) is 25.6 Å². The Hall–Kier alpha value is -3.29. The van der Waals surface area contributed by atoms with Crippen LogP contribution in [0.15, 0.2) is 53.5 Å². The fourth-order valence-electron chi connectivity index (χ4n) is 5.27. The van der Waals surface area contributed by atoms with E-state index in [1.165, 1.54) is 0 Å². The molecule has 3 atom stereocenters. The monoisotopic (exact) mass is 472 g/mol. The second-order valence-corrected chi connectivity index (χ2v) is 9.61. The molecule has 0 radical (unpaired) electrons. The van der Waals surface area contributed by atoms with E-state index >= 15 is 0 Å². The van der Waals surface area contributed by atoms with E-state index in [9.17, 15) is 4.79 Å². The minimum atomic E-state index is -0.0745.